The molecule has 3 N–H and O–H groups in total. The monoisotopic (exact) mass is 257 g/mol. The van der Waals surface area contributed by atoms with Crippen LogP contribution in [0.5, 0.6) is 5.75 Å². The van der Waals surface area contributed by atoms with Crippen LogP contribution < -0.4 is 15.8 Å². The van der Waals surface area contributed by atoms with Crippen molar-refractivity contribution in [2.24, 2.45) is 0 Å². The number of nitrogen functional groups attached to an aromatic ring is 1. The standard InChI is InChI=1S/C15H19N3O/c1-10-7-13(15(16)18-9-10)14(17-2)11-5-4-6-12(8-11)19-3/h4-9,14,17H,1-3H3,(H2,16,18). The van der Waals surface area contributed by atoms with Crippen LogP contribution in [0, 0.1) is 6.92 Å². The number of ether oxygens (including phenoxy) is 1. The molecule has 4 heteroatoms. The van der Waals surface area contributed by atoms with Crippen molar-refractivity contribution in [3.05, 3.63) is 53.2 Å². The Morgan fingerprint density at radius 2 is 2.11 bits per heavy atom. The summed E-state index contributed by atoms with van der Waals surface area (Å²) in [5, 5.41) is 3.28. The smallest absolute Gasteiger partial charge is 0.128 e. The predicted octanol–water partition coefficient (Wildman–Crippen LogP) is 2.29. The van der Waals surface area contributed by atoms with Gasteiger partial charge in [0.15, 0.2) is 0 Å². The molecule has 0 saturated carbocycles. The second-order valence-electron chi connectivity index (χ2n) is 4.49. The highest BCUT2D eigenvalue weighted by molar-refractivity contribution is 5.48. The minimum absolute atomic E-state index is 0.00231. The van der Waals surface area contributed by atoms with Crippen LogP contribution in [-0.4, -0.2) is 19.1 Å². The number of methoxy groups -OCH3 is 1. The molecule has 0 spiro atoms. The van der Waals surface area contributed by atoms with Gasteiger partial charge in [-0.05, 0) is 43.3 Å². The van der Waals surface area contributed by atoms with E-state index in [1.807, 2.05) is 38.2 Å². The molecular weight excluding hydrogens is 238 g/mol. The Morgan fingerprint density at radius 3 is 2.79 bits per heavy atom. The minimum atomic E-state index is 0.00231. The molecule has 0 fully saturated rings. The number of nitrogens with zero attached hydrogens (tertiary/aromatic N) is 1. The maximum atomic E-state index is 5.99. The van der Waals surface area contributed by atoms with Crippen molar-refractivity contribution in [2.45, 2.75) is 13.0 Å². The van der Waals surface area contributed by atoms with E-state index in [-0.39, 0.29) is 6.04 Å². The van der Waals surface area contributed by atoms with Crippen LogP contribution in [0.1, 0.15) is 22.7 Å². The Balaban J connectivity index is 2.46. The predicted molar refractivity (Wildman–Crippen MR) is 77.3 cm³/mol. The lowest BCUT2D eigenvalue weighted by Crippen LogP contribution is -2.19. The van der Waals surface area contributed by atoms with Crippen molar-refractivity contribution in [3.63, 3.8) is 0 Å². The Kier molecular flexibility index (Phi) is 4.02. The van der Waals surface area contributed by atoms with Crippen LogP contribution in [0.4, 0.5) is 5.82 Å². The lowest BCUT2D eigenvalue weighted by atomic mass is 9.98. The van der Waals surface area contributed by atoms with Gasteiger partial charge < -0.3 is 15.8 Å². The van der Waals surface area contributed by atoms with Gasteiger partial charge in [-0.25, -0.2) is 4.98 Å². The zero-order valence-corrected chi connectivity index (χ0v) is 11.5. The summed E-state index contributed by atoms with van der Waals surface area (Å²) in [6.07, 6.45) is 1.77. The van der Waals surface area contributed by atoms with Gasteiger partial charge in [0, 0.05) is 11.8 Å². The fourth-order valence-corrected chi connectivity index (χ4v) is 2.16. The number of aryl methyl sites for hydroxylation is 1. The van der Waals surface area contributed by atoms with Crippen LogP contribution in [0.2, 0.25) is 0 Å². The molecule has 19 heavy (non-hydrogen) atoms. The first-order chi connectivity index (χ1) is 9.15. The highest BCUT2D eigenvalue weighted by Crippen LogP contribution is 2.28. The summed E-state index contributed by atoms with van der Waals surface area (Å²) in [6.45, 7) is 2.01. The first-order valence-corrected chi connectivity index (χ1v) is 6.19. The Bertz CT molecular complexity index is 569. The fourth-order valence-electron chi connectivity index (χ4n) is 2.16. The fraction of sp³-hybridized carbons (Fsp3) is 0.267. The average Bonchev–Trinajstić information content (AvgIpc) is 2.44. The second-order valence-corrected chi connectivity index (χ2v) is 4.49. The van der Waals surface area contributed by atoms with Gasteiger partial charge in [-0.3, -0.25) is 0 Å². The minimum Gasteiger partial charge on any atom is -0.497 e. The van der Waals surface area contributed by atoms with Gasteiger partial charge in [0.2, 0.25) is 0 Å². The molecule has 0 radical (unpaired) electrons. The normalized spacial score (nSPS) is 12.2. The summed E-state index contributed by atoms with van der Waals surface area (Å²) in [5.74, 6) is 1.38. The van der Waals surface area contributed by atoms with Crippen molar-refractivity contribution >= 4 is 5.82 Å². The highest BCUT2D eigenvalue weighted by Gasteiger charge is 2.16. The number of hydrogen-bond acceptors (Lipinski definition) is 4. The Labute approximate surface area is 113 Å². The van der Waals surface area contributed by atoms with E-state index in [9.17, 15) is 0 Å². The van der Waals surface area contributed by atoms with Crippen molar-refractivity contribution in [1.82, 2.24) is 10.3 Å². The zero-order chi connectivity index (χ0) is 13.8. The van der Waals surface area contributed by atoms with Gasteiger partial charge in [0.25, 0.3) is 0 Å². The summed E-state index contributed by atoms with van der Waals surface area (Å²) in [5.41, 5.74) is 9.16. The van der Waals surface area contributed by atoms with Gasteiger partial charge >= 0.3 is 0 Å². The molecule has 0 aliphatic carbocycles. The second kappa shape index (κ2) is 5.71. The van der Waals surface area contributed by atoms with E-state index < -0.39 is 0 Å². The molecule has 1 atom stereocenters. The molecule has 1 unspecified atom stereocenters. The van der Waals surface area contributed by atoms with E-state index in [0.717, 1.165) is 22.4 Å². The summed E-state index contributed by atoms with van der Waals surface area (Å²) in [4.78, 5) is 4.22. The van der Waals surface area contributed by atoms with Gasteiger partial charge in [0.1, 0.15) is 11.6 Å². The van der Waals surface area contributed by atoms with Crippen molar-refractivity contribution < 1.29 is 4.74 Å². The maximum absolute atomic E-state index is 5.99. The molecule has 4 nitrogen and oxygen atoms in total. The van der Waals surface area contributed by atoms with E-state index in [1.165, 1.54) is 0 Å². The van der Waals surface area contributed by atoms with Gasteiger partial charge in [-0.2, -0.15) is 0 Å². The summed E-state index contributed by atoms with van der Waals surface area (Å²) in [7, 11) is 3.57. The molecule has 0 saturated heterocycles. The largest absolute Gasteiger partial charge is 0.497 e. The van der Waals surface area contributed by atoms with E-state index in [2.05, 4.69) is 16.4 Å². The SMILES string of the molecule is CNC(c1cccc(OC)c1)c1cc(C)cnc1N. The first kappa shape index (κ1) is 13.4. The number of pyridine rings is 1. The number of nitrogens with one attached hydrogen (secondary N) is 1. The van der Waals surface area contributed by atoms with Gasteiger partial charge in [-0.1, -0.05) is 12.1 Å². The quantitative estimate of drug-likeness (QED) is 0.882. The van der Waals surface area contributed by atoms with E-state index in [1.54, 1.807) is 13.3 Å². The van der Waals surface area contributed by atoms with Crippen LogP contribution in [0.25, 0.3) is 0 Å². The molecule has 0 bridgehead atoms. The molecule has 1 heterocycles. The van der Waals surface area contributed by atoms with E-state index in [0.29, 0.717) is 5.82 Å². The zero-order valence-electron chi connectivity index (χ0n) is 11.5. The molecule has 2 rings (SSSR count). The molecule has 2 aromatic rings. The molecule has 100 valence electrons. The number of benzene rings is 1. The van der Waals surface area contributed by atoms with E-state index >= 15 is 0 Å². The van der Waals surface area contributed by atoms with Crippen LogP contribution in [0.3, 0.4) is 0 Å². The molecule has 0 aliphatic heterocycles. The maximum Gasteiger partial charge on any atom is 0.128 e. The average molecular weight is 257 g/mol. The number of aromatic nitrogens is 1. The lowest BCUT2D eigenvalue weighted by Gasteiger charge is -2.19. The van der Waals surface area contributed by atoms with Gasteiger partial charge in [0.05, 0.1) is 13.2 Å². The molecular formula is C15H19N3O. The highest BCUT2D eigenvalue weighted by atomic mass is 16.5. The Morgan fingerprint density at radius 1 is 1.32 bits per heavy atom. The number of nitrogens with two attached hydrogens (primary N) is 1. The third-order valence-electron chi connectivity index (χ3n) is 3.11. The number of rotatable bonds is 4. The summed E-state index contributed by atoms with van der Waals surface area (Å²) in [6, 6.07) is 10.0. The number of hydrogen-bond donors (Lipinski definition) is 2. The van der Waals surface area contributed by atoms with Crippen LogP contribution in [0.15, 0.2) is 36.5 Å². The molecule has 0 amide bonds. The topological polar surface area (TPSA) is 60.2 Å². The summed E-state index contributed by atoms with van der Waals surface area (Å²) >= 11 is 0. The lowest BCUT2D eigenvalue weighted by molar-refractivity contribution is 0.414. The van der Waals surface area contributed by atoms with Crippen molar-refractivity contribution in [3.8, 4) is 5.75 Å². The van der Waals surface area contributed by atoms with Crippen LogP contribution >= 0.6 is 0 Å². The molecule has 1 aromatic carbocycles. The first-order valence-electron chi connectivity index (χ1n) is 6.19. The third kappa shape index (κ3) is 2.85. The molecule has 1 aromatic heterocycles. The van der Waals surface area contributed by atoms with E-state index in [4.69, 9.17) is 10.5 Å². The van der Waals surface area contributed by atoms with Crippen LogP contribution in [-0.2, 0) is 0 Å². The van der Waals surface area contributed by atoms with Crippen molar-refractivity contribution in [2.75, 3.05) is 19.9 Å². The molecule has 0 aliphatic rings. The summed E-state index contributed by atoms with van der Waals surface area (Å²) < 4.78 is 5.26. The third-order valence-corrected chi connectivity index (χ3v) is 3.11. The van der Waals surface area contributed by atoms with Gasteiger partial charge in [-0.15, -0.1) is 0 Å². The Hall–Kier alpha value is -2.07. The number of anilines is 1. The van der Waals surface area contributed by atoms with Crippen molar-refractivity contribution in [1.29, 1.82) is 0 Å².